The summed E-state index contributed by atoms with van der Waals surface area (Å²) >= 11 is 0. The molecule has 6 heteroatoms. The van der Waals surface area contributed by atoms with Gasteiger partial charge in [-0.15, -0.1) is 0 Å². The molecular formula is C23H29N3O3. The summed E-state index contributed by atoms with van der Waals surface area (Å²) in [5.41, 5.74) is 0.797. The molecule has 6 nitrogen and oxygen atoms in total. The summed E-state index contributed by atoms with van der Waals surface area (Å²) in [5, 5.41) is 3.05. The van der Waals surface area contributed by atoms with Gasteiger partial charge >= 0.3 is 6.03 Å². The number of hydrogen-bond donors (Lipinski definition) is 1. The molecule has 0 radical (unpaired) electrons. The zero-order chi connectivity index (χ0) is 20.1. The highest BCUT2D eigenvalue weighted by molar-refractivity contribution is 5.90. The number of nitrogens with one attached hydrogen (secondary N) is 1. The van der Waals surface area contributed by atoms with Gasteiger partial charge in [-0.05, 0) is 55.7 Å². The number of benzene rings is 1. The topological polar surface area (TPSA) is 63.7 Å². The van der Waals surface area contributed by atoms with Gasteiger partial charge in [-0.1, -0.05) is 13.3 Å². The average Bonchev–Trinajstić information content (AvgIpc) is 3.01. The monoisotopic (exact) mass is 395 g/mol. The number of carbonyl (C=O) groups excluding carboxylic acids is 1. The number of fused-ring (bicyclic) bond motifs is 2. The number of hydrogen-bond acceptors (Lipinski definition) is 4. The van der Waals surface area contributed by atoms with Crippen LogP contribution in [-0.4, -0.2) is 40.7 Å². The summed E-state index contributed by atoms with van der Waals surface area (Å²) in [4.78, 5) is 19.1. The van der Waals surface area contributed by atoms with Crippen LogP contribution in [0.3, 0.4) is 0 Å². The van der Waals surface area contributed by atoms with E-state index >= 15 is 0 Å². The standard InChI is InChI=1S/C23H29N3O3/c1-2-3-13-28-20-10-6-17(7-11-20)25-23(27)26-18-8-9-19(26)15-22(14-18)29-21-5-4-12-24-16-21/h4-7,10-12,16,18-19,22H,2-3,8-9,13-15H2,1H3,(H,25,27). The molecule has 2 aliphatic rings. The molecule has 1 N–H and O–H groups in total. The zero-order valence-electron chi connectivity index (χ0n) is 16.9. The van der Waals surface area contributed by atoms with Gasteiger partial charge in [0, 0.05) is 36.8 Å². The quantitative estimate of drug-likeness (QED) is 0.680. The summed E-state index contributed by atoms with van der Waals surface area (Å²) in [6.45, 7) is 2.87. The Balaban J connectivity index is 1.32. The smallest absolute Gasteiger partial charge is 0.322 e. The molecule has 1 aromatic heterocycles. The molecule has 2 unspecified atom stereocenters. The lowest BCUT2D eigenvalue weighted by Crippen LogP contribution is -2.50. The minimum atomic E-state index is -0.0167. The highest BCUT2D eigenvalue weighted by Crippen LogP contribution is 2.37. The third-order valence-electron chi connectivity index (χ3n) is 5.73. The number of unbranched alkanes of at least 4 members (excludes halogenated alkanes) is 1. The van der Waals surface area contributed by atoms with E-state index in [4.69, 9.17) is 9.47 Å². The molecule has 1 aromatic carbocycles. The fraction of sp³-hybridized carbons (Fsp3) is 0.478. The number of amides is 2. The predicted molar refractivity (Wildman–Crippen MR) is 112 cm³/mol. The largest absolute Gasteiger partial charge is 0.494 e. The van der Waals surface area contributed by atoms with Crippen LogP contribution in [0.15, 0.2) is 48.8 Å². The van der Waals surface area contributed by atoms with Gasteiger partial charge in [0.15, 0.2) is 0 Å². The summed E-state index contributed by atoms with van der Waals surface area (Å²) in [6.07, 6.45) is 9.59. The van der Waals surface area contributed by atoms with Crippen LogP contribution in [0.4, 0.5) is 10.5 Å². The van der Waals surface area contributed by atoms with Crippen molar-refractivity contribution >= 4 is 11.7 Å². The van der Waals surface area contributed by atoms with E-state index in [2.05, 4.69) is 17.2 Å². The first-order valence-corrected chi connectivity index (χ1v) is 10.6. The third-order valence-corrected chi connectivity index (χ3v) is 5.73. The number of aromatic nitrogens is 1. The third kappa shape index (κ3) is 4.81. The van der Waals surface area contributed by atoms with Crippen LogP contribution in [0.5, 0.6) is 11.5 Å². The van der Waals surface area contributed by atoms with Crippen LogP contribution in [-0.2, 0) is 0 Å². The van der Waals surface area contributed by atoms with E-state index in [0.29, 0.717) is 0 Å². The second-order valence-corrected chi connectivity index (χ2v) is 7.85. The van der Waals surface area contributed by atoms with Crippen molar-refractivity contribution in [3.8, 4) is 11.5 Å². The first-order chi connectivity index (χ1) is 14.2. The van der Waals surface area contributed by atoms with Crippen molar-refractivity contribution in [2.75, 3.05) is 11.9 Å². The van der Waals surface area contributed by atoms with E-state index in [1.807, 2.05) is 41.3 Å². The maximum Gasteiger partial charge on any atom is 0.322 e. The van der Waals surface area contributed by atoms with Crippen LogP contribution in [0.2, 0.25) is 0 Å². The van der Waals surface area contributed by atoms with E-state index in [-0.39, 0.29) is 24.2 Å². The van der Waals surface area contributed by atoms with Gasteiger partial charge in [0.2, 0.25) is 0 Å². The predicted octanol–water partition coefficient (Wildman–Crippen LogP) is 4.87. The Morgan fingerprint density at radius 3 is 2.55 bits per heavy atom. The Kier molecular flexibility index (Phi) is 6.17. The number of nitrogens with zero attached hydrogens (tertiary/aromatic N) is 2. The Morgan fingerprint density at radius 1 is 1.14 bits per heavy atom. The molecule has 2 bridgehead atoms. The van der Waals surface area contributed by atoms with Gasteiger partial charge in [-0.2, -0.15) is 0 Å². The van der Waals surface area contributed by atoms with Crippen LogP contribution >= 0.6 is 0 Å². The Labute approximate surface area is 172 Å². The summed E-state index contributed by atoms with van der Waals surface area (Å²) in [7, 11) is 0. The molecule has 0 spiro atoms. The number of ether oxygens (including phenoxy) is 2. The molecule has 0 aliphatic carbocycles. The number of piperidine rings is 1. The molecule has 29 heavy (non-hydrogen) atoms. The fourth-order valence-electron chi connectivity index (χ4n) is 4.32. The van der Waals surface area contributed by atoms with Gasteiger partial charge in [0.05, 0.1) is 12.8 Å². The van der Waals surface area contributed by atoms with E-state index < -0.39 is 0 Å². The van der Waals surface area contributed by atoms with Crippen molar-refractivity contribution in [2.24, 2.45) is 0 Å². The lowest BCUT2D eigenvalue weighted by molar-refractivity contribution is 0.0730. The highest BCUT2D eigenvalue weighted by atomic mass is 16.5. The van der Waals surface area contributed by atoms with Gasteiger partial charge in [-0.25, -0.2) is 4.79 Å². The first kappa shape index (κ1) is 19.6. The number of anilines is 1. The average molecular weight is 396 g/mol. The molecule has 4 rings (SSSR count). The van der Waals surface area contributed by atoms with Crippen molar-refractivity contribution < 1.29 is 14.3 Å². The maximum atomic E-state index is 12.9. The van der Waals surface area contributed by atoms with E-state index in [0.717, 1.165) is 62.3 Å². The molecule has 3 heterocycles. The fourth-order valence-corrected chi connectivity index (χ4v) is 4.32. The Bertz CT molecular complexity index is 783. The zero-order valence-corrected chi connectivity index (χ0v) is 16.9. The number of pyridine rings is 1. The summed E-state index contributed by atoms with van der Waals surface area (Å²) in [5.74, 6) is 1.64. The van der Waals surface area contributed by atoms with E-state index in [1.54, 1.807) is 12.4 Å². The van der Waals surface area contributed by atoms with Crippen molar-refractivity contribution in [1.29, 1.82) is 0 Å². The molecule has 2 aromatic rings. The van der Waals surface area contributed by atoms with Crippen LogP contribution < -0.4 is 14.8 Å². The molecule has 2 fully saturated rings. The molecule has 154 valence electrons. The number of carbonyl (C=O) groups is 1. The Morgan fingerprint density at radius 2 is 1.90 bits per heavy atom. The van der Waals surface area contributed by atoms with Crippen molar-refractivity contribution in [3.63, 3.8) is 0 Å². The SMILES string of the molecule is CCCCOc1ccc(NC(=O)N2C3CCC2CC(Oc2cccnc2)C3)cc1. The summed E-state index contributed by atoms with van der Waals surface area (Å²) in [6, 6.07) is 11.9. The minimum absolute atomic E-state index is 0.0167. The first-order valence-electron chi connectivity index (χ1n) is 10.6. The van der Waals surface area contributed by atoms with Crippen LogP contribution in [0.25, 0.3) is 0 Å². The molecular weight excluding hydrogens is 366 g/mol. The van der Waals surface area contributed by atoms with Gasteiger partial charge in [0.25, 0.3) is 0 Å². The number of rotatable bonds is 7. The maximum absolute atomic E-state index is 12.9. The molecule has 2 saturated heterocycles. The van der Waals surface area contributed by atoms with Crippen molar-refractivity contribution in [1.82, 2.24) is 9.88 Å². The summed E-state index contributed by atoms with van der Waals surface area (Å²) < 4.78 is 11.8. The second kappa shape index (κ2) is 9.16. The van der Waals surface area contributed by atoms with Gasteiger partial charge in [0.1, 0.15) is 17.6 Å². The van der Waals surface area contributed by atoms with Gasteiger partial charge in [-0.3, -0.25) is 4.98 Å². The lowest BCUT2D eigenvalue weighted by atomic mass is 10.00. The molecule has 0 saturated carbocycles. The van der Waals surface area contributed by atoms with Crippen LogP contribution in [0, 0.1) is 0 Å². The highest BCUT2D eigenvalue weighted by Gasteiger charge is 2.44. The molecule has 2 amide bonds. The van der Waals surface area contributed by atoms with E-state index in [9.17, 15) is 4.79 Å². The Hall–Kier alpha value is -2.76. The molecule has 2 aliphatic heterocycles. The number of urea groups is 1. The normalized spacial score (nSPS) is 22.9. The van der Waals surface area contributed by atoms with Crippen molar-refractivity contribution in [3.05, 3.63) is 48.8 Å². The molecule has 2 atom stereocenters. The second-order valence-electron chi connectivity index (χ2n) is 7.85. The van der Waals surface area contributed by atoms with Gasteiger partial charge < -0.3 is 19.7 Å². The lowest BCUT2D eigenvalue weighted by Gasteiger charge is -2.38. The van der Waals surface area contributed by atoms with Crippen molar-refractivity contribution in [2.45, 2.75) is 63.6 Å². The minimum Gasteiger partial charge on any atom is -0.494 e. The van der Waals surface area contributed by atoms with Crippen LogP contribution in [0.1, 0.15) is 45.4 Å². The van der Waals surface area contributed by atoms with E-state index in [1.165, 1.54) is 0 Å².